The Hall–Kier alpha value is -0.730. The van der Waals surface area contributed by atoms with Gasteiger partial charge in [0.05, 0.1) is 7.11 Å². The van der Waals surface area contributed by atoms with Gasteiger partial charge in [-0.1, -0.05) is 13.3 Å². The molecule has 1 saturated carbocycles. The summed E-state index contributed by atoms with van der Waals surface area (Å²) in [5.74, 6) is 0. The molecule has 0 saturated heterocycles. The SMILES string of the molecule is COC(=O)NCC1(C)CCC1. The number of nitrogens with one attached hydrogen (secondary N) is 1. The minimum Gasteiger partial charge on any atom is -0.453 e. The highest BCUT2D eigenvalue weighted by atomic mass is 16.5. The van der Waals surface area contributed by atoms with E-state index in [4.69, 9.17) is 0 Å². The zero-order chi connectivity index (χ0) is 8.32. The van der Waals surface area contributed by atoms with Gasteiger partial charge >= 0.3 is 6.09 Å². The minimum absolute atomic E-state index is 0.321. The van der Waals surface area contributed by atoms with E-state index in [9.17, 15) is 4.79 Å². The molecule has 1 aliphatic rings. The zero-order valence-corrected chi connectivity index (χ0v) is 7.14. The maximum absolute atomic E-state index is 10.7. The van der Waals surface area contributed by atoms with Crippen molar-refractivity contribution >= 4 is 6.09 Å². The Morgan fingerprint density at radius 2 is 2.27 bits per heavy atom. The summed E-state index contributed by atoms with van der Waals surface area (Å²) in [5.41, 5.74) is 0.341. The normalized spacial score (nSPS) is 20.2. The van der Waals surface area contributed by atoms with Gasteiger partial charge in [-0.2, -0.15) is 0 Å². The van der Waals surface area contributed by atoms with Gasteiger partial charge in [-0.25, -0.2) is 4.79 Å². The van der Waals surface area contributed by atoms with E-state index in [-0.39, 0.29) is 6.09 Å². The highest BCUT2D eigenvalue weighted by Gasteiger charge is 2.31. The lowest BCUT2D eigenvalue weighted by molar-refractivity contribution is 0.135. The second kappa shape index (κ2) is 3.11. The number of amides is 1. The molecule has 1 fully saturated rings. The van der Waals surface area contributed by atoms with Gasteiger partial charge in [-0.3, -0.25) is 0 Å². The maximum Gasteiger partial charge on any atom is 0.406 e. The average molecular weight is 157 g/mol. The molecule has 1 N–H and O–H groups in total. The van der Waals surface area contributed by atoms with Crippen LogP contribution in [0.3, 0.4) is 0 Å². The summed E-state index contributed by atoms with van der Waals surface area (Å²) in [7, 11) is 1.39. The monoisotopic (exact) mass is 157 g/mol. The molecule has 0 unspecified atom stereocenters. The summed E-state index contributed by atoms with van der Waals surface area (Å²) >= 11 is 0. The molecular weight excluding hydrogens is 142 g/mol. The van der Waals surface area contributed by atoms with E-state index < -0.39 is 0 Å². The molecule has 0 aromatic carbocycles. The van der Waals surface area contributed by atoms with Crippen molar-refractivity contribution in [2.24, 2.45) is 5.41 Å². The number of rotatable bonds is 2. The maximum atomic E-state index is 10.7. The lowest BCUT2D eigenvalue weighted by Crippen LogP contribution is -2.39. The number of alkyl carbamates (subject to hydrolysis) is 1. The minimum atomic E-state index is -0.321. The van der Waals surface area contributed by atoms with Crippen LogP contribution in [0.4, 0.5) is 4.79 Å². The van der Waals surface area contributed by atoms with E-state index in [1.165, 1.54) is 26.4 Å². The summed E-state index contributed by atoms with van der Waals surface area (Å²) in [4.78, 5) is 10.7. The second-order valence-electron chi connectivity index (χ2n) is 3.51. The van der Waals surface area contributed by atoms with E-state index in [2.05, 4.69) is 17.0 Å². The zero-order valence-electron chi connectivity index (χ0n) is 7.14. The molecule has 11 heavy (non-hydrogen) atoms. The van der Waals surface area contributed by atoms with Crippen molar-refractivity contribution in [2.45, 2.75) is 26.2 Å². The van der Waals surface area contributed by atoms with Crippen molar-refractivity contribution in [3.63, 3.8) is 0 Å². The van der Waals surface area contributed by atoms with Crippen LogP contribution in [0.15, 0.2) is 0 Å². The van der Waals surface area contributed by atoms with Gasteiger partial charge in [0.25, 0.3) is 0 Å². The predicted molar refractivity (Wildman–Crippen MR) is 42.4 cm³/mol. The molecule has 0 aromatic heterocycles. The topological polar surface area (TPSA) is 38.3 Å². The second-order valence-corrected chi connectivity index (χ2v) is 3.51. The fourth-order valence-corrected chi connectivity index (χ4v) is 1.31. The number of ether oxygens (including phenoxy) is 1. The molecule has 0 aromatic rings. The Balaban J connectivity index is 2.16. The predicted octanol–water partition coefficient (Wildman–Crippen LogP) is 1.53. The summed E-state index contributed by atoms with van der Waals surface area (Å²) in [6.07, 6.45) is 3.41. The van der Waals surface area contributed by atoms with Crippen LogP contribution >= 0.6 is 0 Å². The van der Waals surface area contributed by atoms with Crippen LogP contribution in [0.2, 0.25) is 0 Å². The number of carbonyl (C=O) groups excluding carboxylic acids is 1. The van der Waals surface area contributed by atoms with Crippen molar-refractivity contribution in [1.29, 1.82) is 0 Å². The Kier molecular flexibility index (Phi) is 2.37. The Bertz CT molecular complexity index is 152. The van der Waals surface area contributed by atoms with Gasteiger partial charge < -0.3 is 10.1 Å². The van der Waals surface area contributed by atoms with Crippen LogP contribution in [0, 0.1) is 5.41 Å². The van der Waals surface area contributed by atoms with E-state index >= 15 is 0 Å². The molecule has 1 aliphatic carbocycles. The van der Waals surface area contributed by atoms with E-state index in [0.717, 1.165) is 6.54 Å². The molecule has 0 atom stereocenters. The third kappa shape index (κ3) is 2.10. The van der Waals surface area contributed by atoms with Crippen molar-refractivity contribution in [3.8, 4) is 0 Å². The molecule has 0 bridgehead atoms. The van der Waals surface area contributed by atoms with Gasteiger partial charge in [-0.05, 0) is 18.3 Å². The van der Waals surface area contributed by atoms with Gasteiger partial charge in [0.2, 0.25) is 0 Å². The summed E-state index contributed by atoms with van der Waals surface area (Å²) < 4.78 is 4.46. The first-order valence-electron chi connectivity index (χ1n) is 3.98. The third-order valence-electron chi connectivity index (χ3n) is 2.41. The first-order chi connectivity index (χ1) is 5.16. The van der Waals surface area contributed by atoms with E-state index in [1.807, 2.05) is 0 Å². The van der Waals surface area contributed by atoms with Gasteiger partial charge in [0.15, 0.2) is 0 Å². The summed E-state index contributed by atoms with van der Waals surface area (Å²) in [5, 5.41) is 2.71. The molecule has 3 nitrogen and oxygen atoms in total. The van der Waals surface area contributed by atoms with Crippen LogP contribution in [0.25, 0.3) is 0 Å². The van der Waals surface area contributed by atoms with Crippen LogP contribution in [0.1, 0.15) is 26.2 Å². The molecule has 1 rings (SSSR count). The lowest BCUT2D eigenvalue weighted by atomic mass is 9.70. The highest BCUT2D eigenvalue weighted by Crippen LogP contribution is 2.39. The molecule has 0 spiro atoms. The lowest BCUT2D eigenvalue weighted by Gasteiger charge is -2.38. The standard InChI is InChI=1S/C8H15NO2/c1-8(4-3-5-8)6-9-7(10)11-2/h3-6H2,1-2H3,(H,9,10). The number of hydrogen-bond donors (Lipinski definition) is 1. The summed E-state index contributed by atoms with van der Waals surface area (Å²) in [6.45, 7) is 2.94. The Labute approximate surface area is 67.1 Å². The molecule has 0 heterocycles. The van der Waals surface area contributed by atoms with Gasteiger partial charge in [0, 0.05) is 6.54 Å². The van der Waals surface area contributed by atoms with Crippen LogP contribution in [-0.2, 0) is 4.74 Å². The van der Waals surface area contributed by atoms with Crippen LogP contribution in [0.5, 0.6) is 0 Å². The van der Waals surface area contributed by atoms with E-state index in [0.29, 0.717) is 5.41 Å². The van der Waals surface area contributed by atoms with Crippen LogP contribution < -0.4 is 5.32 Å². The van der Waals surface area contributed by atoms with Gasteiger partial charge in [-0.15, -0.1) is 0 Å². The molecule has 0 radical (unpaired) electrons. The Morgan fingerprint density at radius 3 is 2.64 bits per heavy atom. The Morgan fingerprint density at radius 1 is 1.64 bits per heavy atom. The average Bonchev–Trinajstić information content (AvgIpc) is 1.96. The van der Waals surface area contributed by atoms with Gasteiger partial charge in [0.1, 0.15) is 0 Å². The first-order valence-corrected chi connectivity index (χ1v) is 3.98. The first kappa shape index (κ1) is 8.37. The quantitative estimate of drug-likeness (QED) is 0.660. The molecule has 1 amide bonds. The molecule has 3 heteroatoms. The third-order valence-corrected chi connectivity index (χ3v) is 2.41. The van der Waals surface area contributed by atoms with Crippen LogP contribution in [-0.4, -0.2) is 19.7 Å². The number of methoxy groups -OCH3 is 1. The molecule has 0 aliphatic heterocycles. The van der Waals surface area contributed by atoms with Crippen molar-refractivity contribution in [2.75, 3.05) is 13.7 Å². The van der Waals surface area contributed by atoms with Crippen molar-refractivity contribution in [3.05, 3.63) is 0 Å². The molecule has 64 valence electrons. The fourth-order valence-electron chi connectivity index (χ4n) is 1.31. The fraction of sp³-hybridized carbons (Fsp3) is 0.875. The van der Waals surface area contributed by atoms with Crippen molar-refractivity contribution in [1.82, 2.24) is 5.32 Å². The summed E-state index contributed by atoms with van der Waals surface area (Å²) in [6, 6.07) is 0. The molecular formula is C8H15NO2. The number of hydrogen-bond acceptors (Lipinski definition) is 2. The van der Waals surface area contributed by atoms with Crippen molar-refractivity contribution < 1.29 is 9.53 Å². The smallest absolute Gasteiger partial charge is 0.406 e. The van der Waals surface area contributed by atoms with E-state index in [1.54, 1.807) is 0 Å². The largest absolute Gasteiger partial charge is 0.453 e. The number of carbonyl (C=O) groups is 1. The highest BCUT2D eigenvalue weighted by molar-refractivity contribution is 5.66.